The lowest BCUT2D eigenvalue weighted by molar-refractivity contribution is 0.0770. The van der Waals surface area contributed by atoms with Gasteiger partial charge in [0, 0.05) is 19.0 Å². The summed E-state index contributed by atoms with van der Waals surface area (Å²) in [6.45, 7) is 2.62. The lowest BCUT2D eigenvalue weighted by Crippen LogP contribution is -2.32. The Morgan fingerprint density at radius 1 is 1.56 bits per heavy atom. The molecular weight excluding hydrogens is 233 g/mol. The van der Waals surface area contributed by atoms with Crippen LogP contribution in [0.3, 0.4) is 0 Å². The average Bonchev–Trinajstić information content (AvgIpc) is 2.28. The molecule has 0 saturated carbocycles. The third-order valence-electron chi connectivity index (χ3n) is 2.21. The minimum absolute atomic E-state index is 0.0352. The molecule has 88 valence electrons. The molecule has 0 atom stereocenters. The first kappa shape index (κ1) is 12.8. The smallest absolute Gasteiger partial charge is 0.257 e. The Labute approximate surface area is 98.4 Å². The fourth-order valence-corrected chi connectivity index (χ4v) is 1.56. The molecule has 5 heteroatoms. The van der Waals surface area contributed by atoms with E-state index in [1.807, 2.05) is 0 Å². The Bertz CT molecular complexity index is 384. The lowest BCUT2D eigenvalue weighted by atomic mass is 10.1. The highest BCUT2D eigenvalue weighted by atomic mass is 35.5. The van der Waals surface area contributed by atoms with E-state index in [4.69, 9.17) is 11.6 Å². The Morgan fingerprint density at radius 2 is 2.25 bits per heavy atom. The maximum absolute atomic E-state index is 13.0. The topological polar surface area (TPSA) is 40.5 Å². The molecule has 3 nitrogen and oxygen atoms in total. The van der Waals surface area contributed by atoms with Crippen LogP contribution in [-0.4, -0.2) is 34.9 Å². The van der Waals surface area contributed by atoms with Crippen molar-refractivity contribution in [2.75, 3.05) is 19.0 Å². The summed E-state index contributed by atoms with van der Waals surface area (Å²) in [5, 5.41) is 9.47. The molecule has 0 spiro atoms. The number of benzene rings is 1. The van der Waals surface area contributed by atoms with Crippen LogP contribution >= 0.6 is 11.6 Å². The number of carbonyl (C=O) groups is 1. The van der Waals surface area contributed by atoms with Gasteiger partial charge in [-0.05, 0) is 25.1 Å². The fourth-order valence-electron chi connectivity index (χ4n) is 1.36. The van der Waals surface area contributed by atoms with E-state index in [0.29, 0.717) is 19.0 Å². The Morgan fingerprint density at radius 3 is 2.81 bits per heavy atom. The number of carbonyl (C=O) groups excluding carboxylic acids is 1. The van der Waals surface area contributed by atoms with Crippen molar-refractivity contribution in [1.82, 2.24) is 4.90 Å². The van der Waals surface area contributed by atoms with Gasteiger partial charge >= 0.3 is 0 Å². The van der Waals surface area contributed by atoms with Crippen LogP contribution in [0.25, 0.3) is 0 Å². The monoisotopic (exact) mass is 245 g/mol. The van der Waals surface area contributed by atoms with E-state index in [1.54, 1.807) is 6.92 Å². The molecule has 16 heavy (non-hydrogen) atoms. The summed E-state index contributed by atoms with van der Waals surface area (Å²) in [7, 11) is 0. The molecule has 0 aliphatic carbocycles. The van der Waals surface area contributed by atoms with E-state index in [1.165, 1.54) is 4.90 Å². The third kappa shape index (κ3) is 2.85. The zero-order chi connectivity index (χ0) is 12.1. The van der Waals surface area contributed by atoms with E-state index in [9.17, 15) is 14.3 Å². The number of halogens is 2. The van der Waals surface area contributed by atoms with Crippen LogP contribution in [0.15, 0.2) is 18.2 Å². The Balaban J connectivity index is 2.98. The number of hydrogen-bond acceptors (Lipinski definition) is 2. The van der Waals surface area contributed by atoms with Gasteiger partial charge in [0.1, 0.15) is 11.6 Å². The highest BCUT2D eigenvalue weighted by Crippen LogP contribution is 2.19. The normalized spacial score (nSPS) is 10.2. The number of phenolic OH excluding ortho intramolecular Hbond substituents is 1. The first-order valence-corrected chi connectivity index (χ1v) is 5.47. The Kier molecular flexibility index (Phi) is 4.55. The maximum Gasteiger partial charge on any atom is 0.257 e. The van der Waals surface area contributed by atoms with Crippen molar-refractivity contribution >= 4 is 17.5 Å². The van der Waals surface area contributed by atoms with Crippen molar-refractivity contribution in [2.24, 2.45) is 0 Å². The second kappa shape index (κ2) is 5.70. The summed E-state index contributed by atoms with van der Waals surface area (Å²) >= 11 is 5.55. The molecule has 1 aromatic carbocycles. The minimum atomic E-state index is -0.553. The van der Waals surface area contributed by atoms with Gasteiger partial charge in [-0.15, -0.1) is 11.6 Å². The predicted molar refractivity (Wildman–Crippen MR) is 60.4 cm³/mol. The maximum atomic E-state index is 13.0. The number of amides is 1. The van der Waals surface area contributed by atoms with Crippen LogP contribution < -0.4 is 0 Å². The van der Waals surface area contributed by atoms with Gasteiger partial charge in [-0.3, -0.25) is 4.79 Å². The predicted octanol–water partition coefficient (Wildman–Crippen LogP) is 2.23. The molecule has 1 N–H and O–H groups in total. The summed E-state index contributed by atoms with van der Waals surface area (Å²) in [5.74, 6) is -0.891. The van der Waals surface area contributed by atoms with Gasteiger partial charge in [-0.2, -0.15) is 0 Å². The molecule has 0 fully saturated rings. The average molecular weight is 246 g/mol. The van der Waals surface area contributed by atoms with Gasteiger partial charge in [-0.1, -0.05) is 0 Å². The molecule has 0 saturated heterocycles. The summed E-state index contributed by atoms with van der Waals surface area (Å²) in [5.41, 5.74) is -0.0352. The first-order chi connectivity index (χ1) is 7.60. The van der Waals surface area contributed by atoms with Crippen LogP contribution in [0.4, 0.5) is 4.39 Å². The van der Waals surface area contributed by atoms with Crippen LogP contribution in [0, 0.1) is 5.82 Å². The number of hydrogen-bond donors (Lipinski definition) is 1. The molecule has 0 aromatic heterocycles. The summed E-state index contributed by atoms with van der Waals surface area (Å²) in [4.78, 5) is 13.3. The third-order valence-corrected chi connectivity index (χ3v) is 2.38. The van der Waals surface area contributed by atoms with Gasteiger partial charge < -0.3 is 10.0 Å². The number of rotatable bonds is 4. The number of alkyl halides is 1. The van der Waals surface area contributed by atoms with Gasteiger partial charge in [0.25, 0.3) is 5.91 Å². The van der Waals surface area contributed by atoms with Crippen molar-refractivity contribution in [2.45, 2.75) is 6.92 Å². The van der Waals surface area contributed by atoms with Crippen molar-refractivity contribution in [3.63, 3.8) is 0 Å². The van der Waals surface area contributed by atoms with Crippen LogP contribution in [-0.2, 0) is 0 Å². The highest BCUT2D eigenvalue weighted by molar-refractivity contribution is 6.18. The fraction of sp³-hybridized carbons (Fsp3) is 0.364. The minimum Gasteiger partial charge on any atom is -0.507 e. The van der Waals surface area contributed by atoms with Crippen molar-refractivity contribution in [1.29, 1.82) is 0 Å². The molecule has 0 heterocycles. The standard InChI is InChI=1S/C11H13ClFNO2/c1-2-14(6-5-12)11(16)9-7-8(13)3-4-10(9)15/h3-4,7,15H,2,5-6H2,1H3. The molecule has 1 aromatic rings. The SMILES string of the molecule is CCN(CCCl)C(=O)c1cc(F)ccc1O. The van der Waals surface area contributed by atoms with Crippen LogP contribution in [0.2, 0.25) is 0 Å². The van der Waals surface area contributed by atoms with E-state index in [2.05, 4.69) is 0 Å². The number of aromatic hydroxyl groups is 1. The van der Waals surface area contributed by atoms with E-state index < -0.39 is 11.7 Å². The van der Waals surface area contributed by atoms with Crippen LogP contribution in [0.1, 0.15) is 17.3 Å². The van der Waals surface area contributed by atoms with Gasteiger partial charge in [-0.25, -0.2) is 4.39 Å². The van der Waals surface area contributed by atoms with Crippen molar-refractivity contribution < 1.29 is 14.3 Å². The van der Waals surface area contributed by atoms with Crippen LogP contribution in [0.5, 0.6) is 5.75 Å². The summed E-state index contributed by atoms with van der Waals surface area (Å²) < 4.78 is 13.0. The molecule has 1 rings (SSSR count). The molecular formula is C11H13ClFNO2. The Hall–Kier alpha value is -1.29. The molecule has 0 unspecified atom stereocenters. The zero-order valence-electron chi connectivity index (χ0n) is 8.91. The van der Waals surface area contributed by atoms with Crippen molar-refractivity contribution in [3.8, 4) is 5.75 Å². The lowest BCUT2D eigenvalue weighted by Gasteiger charge is -2.20. The second-order valence-electron chi connectivity index (χ2n) is 3.24. The highest BCUT2D eigenvalue weighted by Gasteiger charge is 2.17. The second-order valence-corrected chi connectivity index (χ2v) is 3.61. The summed E-state index contributed by atoms with van der Waals surface area (Å²) in [6.07, 6.45) is 0. The van der Waals surface area contributed by atoms with Gasteiger partial charge in [0.15, 0.2) is 0 Å². The summed E-state index contributed by atoms with van der Waals surface area (Å²) in [6, 6.07) is 3.29. The van der Waals surface area contributed by atoms with Gasteiger partial charge in [0.2, 0.25) is 0 Å². The van der Waals surface area contributed by atoms with Gasteiger partial charge in [0.05, 0.1) is 5.56 Å². The zero-order valence-corrected chi connectivity index (χ0v) is 9.67. The van der Waals surface area contributed by atoms with E-state index >= 15 is 0 Å². The molecule has 0 aliphatic rings. The molecule has 0 aliphatic heterocycles. The number of nitrogens with zero attached hydrogens (tertiary/aromatic N) is 1. The molecule has 0 bridgehead atoms. The van der Waals surface area contributed by atoms with E-state index in [0.717, 1.165) is 18.2 Å². The first-order valence-electron chi connectivity index (χ1n) is 4.94. The molecule has 0 radical (unpaired) electrons. The van der Waals surface area contributed by atoms with Crippen molar-refractivity contribution in [3.05, 3.63) is 29.6 Å². The quantitative estimate of drug-likeness (QED) is 0.827. The molecule has 1 amide bonds. The number of phenols is 1. The van der Waals surface area contributed by atoms with E-state index in [-0.39, 0.29) is 11.3 Å². The largest absolute Gasteiger partial charge is 0.507 e.